The molecular weight excluding hydrogens is 340 g/mol. The van der Waals surface area contributed by atoms with Crippen molar-refractivity contribution >= 4 is 21.6 Å². The summed E-state index contributed by atoms with van der Waals surface area (Å²) in [6.45, 7) is 2.73. The summed E-state index contributed by atoms with van der Waals surface area (Å²) in [6.07, 6.45) is 5.80. The molecule has 1 N–H and O–H groups in total. The lowest BCUT2D eigenvalue weighted by Gasteiger charge is -2.54. The fourth-order valence-corrected chi connectivity index (χ4v) is 4.47. The second-order valence-corrected chi connectivity index (χ2v) is 6.92. The molecule has 0 bridgehead atoms. The predicted molar refractivity (Wildman–Crippen MR) is 82.4 cm³/mol. The van der Waals surface area contributed by atoms with Crippen LogP contribution in [0.3, 0.4) is 0 Å². The number of hydrogen-bond acceptors (Lipinski definition) is 2. The second kappa shape index (κ2) is 5.84. The lowest BCUT2D eigenvalue weighted by Crippen LogP contribution is -2.60. The van der Waals surface area contributed by atoms with Crippen molar-refractivity contribution in [3.63, 3.8) is 0 Å². The molecule has 2 atom stereocenters. The van der Waals surface area contributed by atoms with E-state index in [1.165, 1.54) is 18.9 Å². The summed E-state index contributed by atoms with van der Waals surface area (Å²) in [4.78, 5) is 0. The molecule has 1 spiro atoms. The molecule has 21 heavy (non-hydrogen) atoms. The number of hydrogen-bond donors (Lipinski definition) is 1. The van der Waals surface area contributed by atoms with Crippen LogP contribution in [-0.4, -0.2) is 18.8 Å². The molecule has 1 aromatic carbocycles. The van der Waals surface area contributed by atoms with E-state index in [-0.39, 0.29) is 17.6 Å². The molecule has 2 aliphatic rings. The molecule has 3 rings (SSSR count). The van der Waals surface area contributed by atoms with E-state index in [1.54, 1.807) is 0 Å². The summed E-state index contributed by atoms with van der Waals surface area (Å²) < 4.78 is 33.5. The van der Waals surface area contributed by atoms with Gasteiger partial charge in [-0.2, -0.15) is 0 Å². The van der Waals surface area contributed by atoms with Crippen molar-refractivity contribution in [2.45, 2.75) is 51.2 Å². The van der Waals surface area contributed by atoms with Crippen LogP contribution in [0.1, 0.15) is 39.0 Å². The smallest absolute Gasteiger partial charge is 0.150 e. The Morgan fingerprint density at radius 3 is 2.67 bits per heavy atom. The minimum atomic E-state index is -0.568. The molecule has 0 radical (unpaired) electrons. The highest BCUT2D eigenvalue weighted by atomic mass is 79.9. The fraction of sp³-hybridized carbons (Fsp3) is 0.625. The van der Waals surface area contributed by atoms with Crippen LogP contribution < -0.4 is 5.32 Å². The van der Waals surface area contributed by atoms with Crippen LogP contribution in [-0.2, 0) is 4.74 Å². The Labute approximate surface area is 132 Å². The maximum atomic E-state index is 14.0. The third-order valence-corrected chi connectivity index (χ3v) is 5.64. The lowest BCUT2D eigenvalue weighted by molar-refractivity contribution is -0.114. The van der Waals surface area contributed by atoms with Gasteiger partial charge in [0, 0.05) is 28.6 Å². The van der Waals surface area contributed by atoms with Crippen LogP contribution in [0.5, 0.6) is 0 Å². The molecule has 0 aliphatic heterocycles. The number of ether oxygens (including phenoxy) is 1. The van der Waals surface area contributed by atoms with E-state index in [4.69, 9.17) is 4.74 Å². The first-order valence-corrected chi connectivity index (χ1v) is 8.39. The van der Waals surface area contributed by atoms with Gasteiger partial charge in [-0.25, -0.2) is 8.78 Å². The maximum absolute atomic E-state index is 14.0. The van der Waals surface area contributed by atoms with Crippen LogP contribution in [0.2, 0.25) is 0 Å². The van der Waals surface area contributed by atoms with E-state index in [1.807, 2.05) is 6.92 Å². The number of benzene rings is 1. The summed E-state index contributed by atoms with van der Waals surface area (Å²) in [7, 11) is 0. The van der Waals surface area contributed by atoms with Crippen molar-refractivity contribution in [1.29, 1.82) is 0 Å². The second-order valence-electron chi connectivity index (χ2n) is 6.06. The highest BCUT2D eigenvalue weighted by molar-refractivity contribution is 9.10. The van der Waals surface area contributed by atoms with Gasteiger partial charge in [-0.05, 0) is 48.2 Å². The van der Waals surface area contributed by atoms with E-state index in [0.29, 0.717) is 16.8 Å². The van der Waals surface area contributed by atoms with Gasteiger partial charge in [-0.3, -0.25) is 0 Å². The standard InChI is InChI=1S/C16H20BrF2NO/c1-2-21-14-9-13(16(14)5-3-4-6-16)20-15-11(17)7-10(18)8-12(15)19/h7-8,13-14,20H,2-6,9H2,1H3. The summed E-state index contributed by atoms with van der Waals surface area (Å²) in [5, 5.41) is 3.29. The number of anilines is 1. The van der Waals surface area contributed by atoms with E-state index in [2.05, 4.69) is 21.2 Å². The fourth-order valence-electron chi connectivity index (χ4n) is 3.94. The molecular formula is C16H20BrF2NO. The topological polar surface area (TPSA) is 21.3 Å². The van der Waals surface area contributed by atoms with Gasteiger partial charge in [0.25, 0.3) is 0 Å². The first kappa shape index (κ1) is 15.2. The van der Waals surface area contributed by atoms with Crippen molar-refractivity contribution < 1.29 is 13.5 Å². The molecule has 0 saturated heterocycles. The van der Waals surface area contributed by atoms with E-state index in [9.17, 15) is 8.78 Å². The largest absolute Gasteiger partial charge is 0.378 e. The molecule has 0 amide bonds. The van der Waals surface area contributed by atoms with Gasteiger partial charge in [-0.1, -0.05) is 12.8 Å². The molecule has 2 aliphatic carbocycles. The zero-order valence-corrected chi connectivity index (χ0v) is 13.7. The third kappa shape index (κ3) is 2.59. The zero-order valence-electron chi connectivity index (χ0n) is 12.1. The Kier molecular flexibility index (Phi) is 4.23. The molecule has 0 aromatic heterocycles. The average molecular weight is 360 g/mol. The average Bonchev–Trinajstić information content (AvgIpc) is 2.92. The Hall–Kier alpha value is -0.680. The van der Waals surface area contributed by atoms with Crippen molar-refractivity contribution in [3.05, 3.63) is 28.2 Å². The SMILES string of the molecule is CCOC1CC(Nc2c(F)cc(F)cc2Br)C12CCCC2. The first-order valence-electron chi connectivity index (χ1n) is 7.59. The van der Waals surface area contributed by atoms with E-state index in [0.717, 1.165) is 25.3 Å². The van der Waals surface area contributed by atoms with E-state index >= 15 is 0 Å². The highest BCUT2D eigenvalue weighted by Gasteiger charge is 2.56. The van der Waals surface area contributed by atoms with Gasteiger partial charge < -0.3 is 10.1 Å². The minimum Gasteiger partial charge on any atom is -0.378 e. The van der Waals surface area contributed by atoms with Gasteiger partial charge in [0.1, 0.15) is 11.6 Å². The summed E-state index contributed by atoms with van der Waals surface area (Å²) >= 11 is 3.25. The first-order chi connectivity index (χ1) is 10.1. The molecule has 0 heterocycles. The van der Waals surface area contributed by atoms with Crippen molar-refractivity contribution in [3.8, 4) is 0 Å². The van der Waals surface area contributed by atoms with Crippen LogP contribution in [0.15, 0.2) is 16.6 Å². The zero-order chi connectivity index (χ0) is 15.0. The molecule has 2 unspecified atom stereocenters. The van der Waals surface area contributed by atoms with Crippen LogP contribution in [0.25, 0.3) is 0 Å². The number of nitrogens with one attached hydrogen (secondary N) is 1. The third-order valence-electron chi connectivity index (χ3n) is 5.01. The van der Waals surface area contributed by atoms with Crippen LogP contribution in [0, 0.1) is 17.0 Å². The Morgan fingerprint density at radius 2 is 2.05 bits per heavy atom. The lowest BCUT2D eigenvalue weighted by atomic mass is 9.60. The Morgan fingerprint density at radius 1 is 1.33 bits per heavy atom. The van der Waals surface area contributed by atoms with Gasteiger partial charge >= 0.3 is 0 Å². The molecule has 2 saturated carbocycles. The predicted octanol–water partition coefficient (Wildman–Crippen LogP) is 4.88. The number of halogens is 3. The van der Waals surface area contributed by atoms with Gasteiger partial charge in [0.2, 0.25) is 0 Å². The van der Waals surface area contributed by atoms with Crippen molar-refractivity contribution in [2.24, 2.45) is 5.41 Å². The van der Waals surface area contributed by atoms with Gasteiger partial charge in [-0.15, -0.1) is 0 Å². The Balaban J connectivity index is 1.80. The molecule has 2 nitrogen and oxygen atoms in total. The molecule has 5 heteroatoms. The summed E-state index contributed by atoms with van der Waals surface area (Å²) in [5.74, 6) is -1.11. The summed E-state index contributed by atoms with van der Waals surface area (Å²) in [5.41, 5.74) is 0.485. The van der Waals surface area contributed by atoms with Gasteiger partial charge in [0.15, 0.2) is 0 Å². The Bertz CT molecular complexity index is 508. The highest BCUT2D eigenvalue weighted by Crippen LogP contribution is 2.56. The van der Waals surface area contributed by atoms with Crippen LogP contribution >= 0.6 is 15.9 Å². The minimum absolute atomic E-state index is 0.121. The normalized spacial score (nSPS) is 26.9. The molecule has 2 fully saturated rings. The van der Waals surface area contributed by atoms with E-state index < -0.39 is 11.6 Å². The molecule has 116 valence electrons. The molecule has 1 aromatic rings. The van der Waals surface area contributed by atoms with Crippen LogP contribution in [0.4, 0.5) is 14.5 Å². The van der Waals surface area contributed by atoms with Crippen molar-refractivity contribution in [1.82, 2.24) is 0 Å². The van der Waals surface area contributed by atoms with Crippen molar-refractivity contribution in [2.75, 3.05) is 11.9 Å². The van der Waals surface area contributed by atoms with Gasteiger partial charge in [0.05, 0.1) is 11.8 Å². The quantitative estimate of drug-likeness (QED) is 0.827. The summed E-state index contributed by atoms with van der Waals surface area (Å²) in [6, 6.07) is 2.42. The maximum Gasteiger partial charge on any atom is 0.150 e. The number of rotatable bonds is 4. The monoisotopic (exact) mass is 359 g/mol.